The van der Waals surface area contributed by atoms with Gasteiger partial charge in [0.25, 0.3) is 0 Å². The zero-order valence-electron chi connectivity index (χ0n) is 7.41. The molecule has 0 aliphatic rings. The van der Waals surface area contributed by atoms with Crippen LogP contribution in [0.5, 0.6) is 0 Å². The van der Waals surface area contributed by atoms with Crippen LogP contribution in [-0.2, 0) is 11.2 Å². The molecule has 0 spiro atoms. The third kappa shape index (κ3) is 1.61. The van der Waals surface area contributed by atoms with E-state index in [1.807, 2.05) is 12.1 Å². The van der Waals surface area contributed by atoms with Crippen molar-refractivity contribution in [3.05, 3.63) is 30.3 Å². The number of nitrogens with zero attached hydrogens (tertiary/aromatic N) is 4. The fraction of sp³-hybridized carbons (Fsp3) is 0.125. The van der Waals surface area contributed by atoms with Gasteiger partial charge in [0.1, 0.15) is 6.26 Å². The maximum Gasteiger partial charge on any atom is 0.365 e. The molecule has 6 heteroatoms. The van der Waals surface area contributed by atoms with Crippen molar-refractivity contribution in [3.8, 4) is 5.69 Å². The van der Waals surface area contributed by atoms with Crippen LogP contribution in [0.25, 0.3) is 5.69 Å². The first-order chi connectivity index (χ1) is 6.79. The van der Waals surface area contributed by atoms with Crippen molar-refractivity contribution in [1.29, 1.82) is 0 Å². The van der Waals surface area contributed by atoms with Crippen molar-refractivity contribution in [2.75, 3.05) is 6.26 Å². The number of rotatable bonds is 2. The fourth-order valence-electron chi connectivity index (χ4n) is 1.02. The molecule has 0 N–H and O–H groups in total. The van der Waals surface area contributed by atoms with Crippen molar-refractivity contribution < 1.29 is 4.55 Å². The molecule has 1 heterocycles. The van der Waals surface area contributed by atoms with Gasteiger partial charge < -0.3 is 4.55 Å². The Morgan fingerprint density at radius 3 is 3.00 bits per heavy atom. The van der Waals surface area contributed by atoms with E-state index in [1.54, 1.807) is 12.1 Å². The van der Waals surface area contributed by atoms with Crippen LogP contribution in [0.15, 0.2) is 29.4 Å². The van der Waals surface area contributed by atoms with E-state index in [1.165, 1.54) is 10.9 Å². The molecule has 0 fully saturated rings. The van der Waals surface area contributed by atoms with Gasteiger partial charge in [0.15, 0.2) is 0 Å². The second-order valence-electron chi connectivity index (χ2n) is 2.58. The first kappa shape index (κ1) is 9.17. The molecule has 1 aromatic carbocycles. The highest BCUT2D eigenvalue weighted by Crippen LogP contribution is 2.09. The van der Waals surface area contributed by atoms with E-state index < -0.39 is 11.2 Å². The summed E-state index contributed by atoms with van der Waals surface area (Å²) in [6, 6.07) is 10.2. The minimum Gasteiger partial charge on any atom is -0.609 e. The van der Waals surface area contributed by atoms with E-state index in [0.717, 1.165) is 0 Å². The van der Waals surface area contributed by atoms with E-state index in [-0.39, 0.29) is 0 Å². The average molecular weight is 207 g/mol. The predicted molar refractivity (Wildman–Crippen MR) is 50.3 cm³/mol. The van der Waals surface area contributed by atoms with Gasteiger partial charge in [-0.2, -0.15) is 4.68 Å². The molecule has 1 radical (unpaired) electrons. The van der Waals surface area contributed by atoms with Crippen LogP contribution in [0.3, 0.4) is 0 Å². The number of para-hydroxylation sites is 1. The molecular weight excluding hydrogens is 200 g/mol. The molecule has 0 saturated heterocycles. The first-order valence-corrected chi connectivity index (χ1v) is 5.44. The molecule has 71 valence electrons. The largest absolute Gasteiger partial charge is 0.609 e. The topological polar surface area (TPSA) is 66.7 Å². The Bertz CT molecular complexity index is 414. The number of aromatic nitrogens is 4. The lowest BCUT2D eigenvalue weighted by Crippen LogP contribution is -2.08. The maximum atomic E-state index is 11.2. The van der Waals surface area contributed by atoms with E-state index in [2.05, 4.69) is 21.6 Å². The quantitative estimate of drug-likeness (QED) is 0.660. The van der Waals surface area contributed by atoms with Gasteiger partial charge in [-0.1, -0.05) is 23.3 Å². The molecule has 0 saturated carbocycles. The number of hydrogen-bond donors (Lipinski definition) is 0. The van der Waals surface area contributed by atoms with Gasteiger partial charge in [-0.25, -0.2) is 0 Å². The summed E-state index contributed by atoms with van der Waals surface area (Å²) in [6.07, 6.45) is 1.53. The molecule has 5 nitrogen and oxygen atoms in total. The molecule has 0 aliphatic carbocycles. The van der Waals surface area contributed by atoms with Crippen LogP contribution >= 0.6 is 0 Å². The second kappa shape index (κ2) is 3.77. The maximum absolute atomic E-state index is 11.2. The standard InChI is InChI=1S/C8H7N4OS/c1-14(13)8-9-10-11-12(8)7-5-3-2-4-6-7/h2-5H,1H3. The second-order valence-corrected chi connectivity index (χ2v) is 3.85. The highest BCUT2D eigenvalue weighted by molar-refractivity contribution is 7.90. The minimum atomic E-state index is -1.20. The lowest BCUT2D eigenvalue weighted by Gasteiger charge is -2.03. The average Bonchev–Trinajstić information content (AvgIpc) is 2.67. The molecule has 1 unspecified atom stereocenters. The van der Waals surface area contributed by atoms with Gasteiger partial charge in [-0.15, -0.1) is 0 Å². The van der Waals surface area contributed by atoms with Gasteiger partial charge in [0.2, 0.25) is 0 Å². The fourth-order valence-corrected chi connectivity index (χ4v) is 1.55. The summed E-state index contributed by atoms with van der Waals surface area (Å²) in [6.45, 7) is 0. The molecule has 0 amide bonds. The van der Waals surface area contributed by atoms with Gasteiger partial charge in [-0.05, 0) is 16.5 Å². The molecule has 0 bridgehead atoms. The molecule has 14 heavy (non-hydrogen) atoms. The Hall–Kier alpha value is -1.40. The van der Waals surface area contributed by atoms with Crippen LogP contribution in [0, 0.1) is 6.07 Å². The normalized spacial score (nSPS) is 12.7. The monoisotopic (exact) mass is 207 g/mol. The van der Waals surface area contributed by atoms with Crippen molar-refractivity contribution in [1.82, 2.24) is 20.2 Å². The Balaban J connectivity index is 2.47. The van der Waals surface area contributed by atoms with E-state index in [4.69, 9.17) is 0 Å². The summed E-state index contributed by atoms with van der Waals surface area (Å²) >= 11 is -1.20. The Morgan fingerprint density at radius 1 is 1.50 bits per heavy atom. The van der Waals surface area contributed by atoms with E-state index in [0.29, 0.717) is 10.8 Å². The molecule has 2 rings (SSSR count). The summed E-state index contributed by atoms with van der Waals surface area (Å²) in [5.41, 5.74) is 0.683. The van der Waals surface area contributed by atoms with Crippen molar-refractivity contribution in [2.24, 2.45) is 0 Å². The number of benzene rings is 1. The number of hydrogen-bond acceptors (Lipinski definition) is 4. The van der Waals surface area contributed by atoms with Crippen LogP contribution in [0.1, 0.15) is 0 Å². The van der Waals surface area contributed by atoms with Crippen molar-refractivity contribution in [2.45, 2.75) is 5.16 Å². The lowest BCUT2D eigenvalue weighted by molar-refractivity contribution is 0.585. The highest BCUT2D eigenvalue weighted by Gasteiger charge is 2.16. The van der Waals surface area contributed by atoms with E-state index >= 15 is 0 Å². The first-order valence-electron chi connectivity index (χ1n) is 3.88. The molecular formula is C8H7N4OS. The summed E-state index contributed by atoms with van der Waals surface area (Å²) in [7, 11) is 0. The smallest absolute Gasteiger partial charge is 0.365 e. The Kier molecular flexibility index (Phi) is 2.47. The third-order valence-corrected chi connectivity index (χ3v) is 2.39. The lowest BCUT2D eigenvalue weighted by atomic mass is 10.3. The molecule has 1 aromatic heterocycles. The Morgan fingerprint density at radius 2 is 2.36 bits per heavy atom. The van der Waals surface area contributed by atoms with Gasteiger partial charge in [0, 0.05) is 17.2 Å². The summed E-state index contributed by atoms with van der Waals surface area (Å²) < 4.78 is 12.6. The number of tetrazole rings is 1. The zero-order valence-corrected chi connectivity index (χ0v) is 8.23. The zero-order chi connectivity index (χ0) is 9.97. The summed E-state index contributed by atoms with van der Waals surface area (Å²) in [4.78, 5) is 0. The van der Waals surface area contributed by atoms with Crippen molar-refractivity contribution >= 4 is 11.2 Å². The Labute approximate surface area is 83.9 Å². The van der Waals surface area contributed by atoms with Crippen LogP contribution < -0.4 is 0 Å². The van der Waals surface area contributed by atoms with E-state index in [9.17, 15) is 4.55 Å². The van der Waals surface area contributed by atoms with Gasteiger partial charge in [-0.3, -0.25) is 0 Å². The third-order valence-electron chi connectivity index (χ3n) is 1.62. The minimum absolute atomic E-state index is 0.326. The van der Waals surface area contributed by atoms with Crippen LogP contribution in [-0.4, -0.2) is 31.0 Å². The van der Waals surface area contributed by atoms with Crippen LogP contribution in [0.4, 0.5) is 0 Å². The van der Waals surface area contributed by atoms with Crippen molar-refractivity contribution in [3.63, 3.8) is 0 Å². The van der Waals surface area contributed by atoms with Crippen LogP contribution in [0.2, 0.25) is 0 Å². The molecule has 1 atom stereocenters. The predicted octanol–water partition coefficient (Wildman–Crippen LogP) is 0.200. The van der Waals surface area contributed by atoms with Gasteiger partial charge >= 0.3 is 5.16 Å². The molecule has 0 aliphatic heterocycles. The summed E-state index contributed by atoms with van der Waals surface area (Å²) in [5.74, 6) is 0. The highest BCUT2D eigenvalue weighted by atomic mass is 32.2. The summed E-state index contributed by atoms with van der Waals surface area (Å²) in [5, 5.41) is 11.2. The SMILES string of the molecule is C[S+]([O-])c1nnnn1-c1[c]cccc1. The molecule has 2 aromatic rings. The van der Waals surface area contributed by atoms with Gasteiger partial charge in [0.05, 0.1) is 5.69 Å².